The Labute approximate surface area is 61.3 Å². The summed E-state index contributed by atoms with van der Waals surface area (Å²) >= 11 is 0. The summed E-state index contributed by atoms with van der Waals surface area (Å²) in [5, 5.41) is 8.01. The first-order chi connectivity index (χ1) is 4.92. The zero-order valence-electron chi connectivity index (χ0n) is 5.56. The van der Waals surface area contributed by atoms with Crippen LogP contribution >= 0.6 is 0 Å². The molecule has 0 saturated carbocycles. The van der Waals surface area contributed by atoms with Crippen molar-refractivity contribution in [2.24, 2.45) is 0 Å². The maximum Gasteiger partial charge on any atom is 0.392 e. The standard InChI is InChI=1S/C6H7F3O2/c7-6(8,9)4-2-1-3-5(10)11/h1-2H,3-4H2,(H,10,11)/b2-1+. The summed E-state index contributed by atoms with van der Waals surface area (Å²) in [5.74, 6) is -1.14. The zero-order valence-corrected chi connectivity index (χ0v) is 5.56. The summed E-state index contributed by atoms with van der Waals surface area (Å²) < 4.78 is 34.1. The highest BCUT2D eigenvalue weighted by atomic mass is 19.4. The molecule has 0 radical (unpaired) electrons. The number of alkyl halides is 3. The zero-order chi connectivity index (χ0) is 8.91. The van der Waals surface area contributed by atoms with Crippen LogP contribution in [0.4, 0.5) is 13.2 Å². The van der Waals surface area contributed by atoms with E-state index in [1.165, 1.54) is 0 Å². The van der Waals surface area contributed by atoms with Gasteiger partial charge in [-0.2, -0.15) is 13.2 Å². The molecule has 0 amide bonds. The number of allylic oxidation sites excluding steroid dienone is 1. The SMILES string of the molecule is O=C(O)C/C=C/CC(F)(F)F. The van der Waals surface area contributed by atoms with E-state index in [0.717, 1.165) is 12.2 Å². The monoisotopic (exact) mass is 168 g/mol. The lowest BCUT2D eigenvalue weighted by Gasteiger charge is -1.99. The van der Waals surface area contributed by atoms with Crippen molar-refractivity contribution in [3.05, 3.63) is 12.2 Å². The molecule has 1 N–H and O–H groups in total. The highest BCUT2D eigenvalue weighted by Gasteiger charge is 2.24. The minimum absolute atomic E-state index is 0.365. The fraction of sp³-hybridized carbons (Fsp3) is 0.500. The third-order valence-electron chi connectivity index (χ3n) is 0.808. The fourth-order valence-electron chi connectivity index (χ4n) is 0.401. The van der Waals surface area contributed by atoms with Crippen LogP contribution in [0.25, 0.3) is 0 Å². The Morgan fingerprint density at radius 1 is 1.36 bits per heavy atom. The van der Waals surface area contributed by atoms with Crippen LogP contribution in [0.3, 0.4) is 0 Å². The topological polar surface area (TPSA) is 37.3 Å². The largest absolute Gasteiger partial charge is 0.481 e. The van der Waals surface area contributed by atoms with Gasteiger partial charge in [-0.25, -0.2) is 0 Å². The quantitative estimate of drug-likeness (QED) is 0.654. The van der Waals surface area contributed by atoms with Crippen LogP contribution in [0.15, 0.2) is 12.2 Å². The highest BCUT2D eigenvalue weighted by Crippen LogP contribution is 2.19. The van der Waals surface area contributed by atoms with Crippen molar-refractivity contribution in [3.63, 3.8) is 0 Å². The van der Waals surface area contributed by atoms with Crippen LogP contribution < -0.4 is 0 Å². The van der Waals surface area contributed by atoms with Crippen molar-refractivity contribution in [1.82, 2.24) is 0 Å². The first kappa shape index (κ1) is 10.0. The molecule has 0 aliphatic rings. The van der Waals surface area contributed by atoms with Gasteiger partial charge in [-0.1, -0.05) is 12.2 Å². The Balaban J connectivity index is 3.53. The second-order valence-electron chi connectivity index (χ2n) is 1.89. The molecule has 0 aliphatic carbocycles. The van der Waals surface area contributed by atoms with Crippen LogP contribution in [0.5, 0.6) is 0 Å². The maximum atomic E-state index is 11.4. The average Bonchev–Trinajstić information content (AvgIpc) is 1.78. The summed E-state index contributed by atoms with van der Waals surface area (Å²) in [6.45, 7) is 0. The summed E-state index contributed by atoms with van der Waals surface area (Å²) in [6.07, 6.45) is -3.89. The van der Waals surface area contributed by atoms with Crippen molar-refractivity contribution >= 4 is 5.97 Å². The number of halogens is 3. The molecule has 0 aromatic heterocycles. The van der Waals surface area contributed by atoms with Gasteiger partial charge < -0.3 is 5.11 Å². The molecule has 0 heterocycles. The van der Waals surface area contributed by atoms with Gasteiger partial charge in [0, 0.05) is 0 Å². The normalized spacial score (nSPS) is 12.3. The van der Waals surface area contributed by atoms with E-state index in [0.29, 0.717) is 0 Å². The Bertz CT molecular complexity index is 160. The van der Waals surface area contributed by atoms with E-state index >= 15 is 0 Å². The first-order valence-corrected chi connectivity index (χ1v) is 2.85. The van der Waals surface area contributed by atoms with Gasteiger partial charge in [-0.05, 0) is 0 Å². The molecule has 0 atom stereocenters. The number of carboxylic acid groups (broad SMARTS) is 1. The van der Waals surface area contributed by atoms with Crippen LogP contribution in [0.2, 0.25) is 0 Å². The van der Waals surface area contributed by atoms with Gasteiger partial charge in [0.25, 0.3) is 0 Å². The summed E-state index contributed by atoms with van der Waals surface area (Å²) in [4.78, 5) is 9.79. The van der Waals surface area contributed by atoms with Crippen LogP contribution in [-0.4, -0.2) is 17.3 Å². The number of hydrogen-bond donors (Lipinski definition) is 1. The van der Waals surface area contributed by atoms with E-state index in [1.807, 2.05) is 0 Å². The minimum atomic E-state index is -4.24. The number of aliphatic carboxylic acids is 1. The van der Waals surface area contributed by atoms with Gasteiger partial charge in [-0.15, -0.1) is 0 Å². The number of carbonyl (C=O) groups is 1. The summed E-state index contributed by atoms with van der Waals surface area (Å²) in [7, 11) is 0. The molecular formula is C6H7F3O2. The maximum absolute atomic E-state index is 11.4. The lowest BCUT2D eigenvalue weighted by atomic mass is 10.3. The molecule has 0 bridgehead atoms. The third kappa shape index (κ3) is 9.00. The summed E-state index contributed by atoms with van der Waals surface area (Å²) in [6, 6.07) is 0. The predicted octanol–water partition coefficient (Wildman–Crippen LogP) is 1.97. The van der Waals surface area contributed by atoms with E-state index in [1.54, 1.807) is 0 Å². The van der Waals surface area contributed by atoms with Gasteiger partial charge >= 0.3 is 12.1 Å². The third-order valence-corrected chi connectivity index (χ3v) is 0.808. The molecule has 0 rings (SSSR count). The molecule has 11 heavy (non-hydrogen) atoms. The predicted molar refractivity (Wildman–Crippen MR) is 32.1 cm³/mol. The van der Waals surface area contributed by atoms with Crippen LogP contribution in [0.1, 0.15) is 12.8 Å². The average molecular weight is 168 g/mol. The first-order valence-electron chi connectivity index (χ1n) is 2.85. The van der Waals surface area contributed by atoms with E-state index in [9.17, 15) is 18.0 Å². The van der Waals surface area contributed by atoms with Crippen molar-refractivity contribution in [2.45, 2.75) is 19.0 Å². The lowest BCUT2D eigenvalue weighted by molar-refractivity contribution is -0.136. The molecule has 0 fully saturated rings. The van der Waals surface area contributed by atoms with Gasteiger partial charge in [0.15, 0.2) is 0 Å². The molecule has 64 valence electrons. The van der Waals surface area contributed by atoms with Gasteiger partial charge in [0.2, 0.25) is 0 Å². The van der Waals surface area contributed by atoms with Crippen LogP contribution in [0, 0.1) is 0 Å². The second-order valence-corrected chi connectivity index (χ2v) is 1.89. The molecule has 0 aromatic carbocycles. The smallest absolute Gasteiger partial charge is 0.392 e. The van der Waals surface area contributed by atoms with Crippen LogP contribution in [-0.2, 0) is 4.79 Å². The lowest BCUT2D eigenvalue weighted by Crippen LogP contribution is -2.04. The molecule has 0 unspecified atom stereocenters. The van der Waals surface area contributed by atoms with Gasteiger partial charge in [-0.3, -0.25) is 4.79 Å². The number of hydrogen-bond acceptors (Lipinski definition) is 1. The molecule has 0 aliphatic heterocycles. The van der Waals surface area contributed by atoms with E-state index in [2.05, 4.69) is 0 Å². The fourth-order valence-corrected chi connectivity index (χ4v) is 0.401. The molecule has 0 spiro atoms. The van der Waals surface area contributed by atoms with E-state index in [4.69, 9.17) is 5.11 Å². The molecule has 0 saturated heterocycles. The second kappa shape index (κ2) is 4.00. The van der Waals surface area contributed by atoms with Gasteiger partial charge in [0.05, 0.1) is 12.8 Å². The van der Waals surface area contributed by atoms with Crippen molar-refractivity contribution in [3.8, 4) is 0 Å². The summed E-state index contributed by atoms with van der Waals surface area (Å²) in [5.41, 5.74) is 0. The van der Waals surface area contributed by atoms with E-state index < -0.39 is 18.6 Å². The van der Waals surface area contributed by atoms with E-state index in [-0.39, 0.29) is 6.42 Å². The molecule has 5 heteroatoms. The molecule has 0 aromatic rings. The van der Waals surface area contributed by atoms with Crippen molar-refractivity contribution < 1.29 is 23.1 Å². The molecular weight excluding hydrogens is 161 g/mol. The van der Waals surface area contributed by atoms with Gasteiger partial charge in [0.1, 0.15) is 0 Å². The molecule has 2 nitrogen and oxygen atoms in total. The Morgan fingerprint density at radius 3 is 2.27 bits per heavy atom. The van der Waals surface area contributed by atoms with Crippen molar-refractivity contribution in [2.75, 3.05) is 0 Å². The Morgan fingerprint density at radius 2 is 1.91 bits per heavy atom. The number of rotatable bonds is 3. The number of carboxylic acids is 1. The minimum Gasteiger partial charge on any atom is -0.481 e. The highest BCUT2D eigenvalue weighted by molar-refractivity contribution is 5.68. The Kier molecular flexibility index (Phi) is 3.64. The van der Waals surface area contributed by atoms with Crippen molar-refractivity contribution in [1.29, 1.82) is 0 Å². The Hall–Kier alpha value is -1.00.